The van der Waals surface area contributed by atoms with Crippen LogP contribution in [0.1, 0.15) is 48.2 Å². The van der Waals surface area contributed by atoms with Crippen LogP contribution in [-0.4, -0.2) is 27.8 Å². The van der Waals surface area contributed by atoms with Crippen LogP contribution in [0.4, 0.5) is 5.69 Å². The Hall–Kier alpha value is -3.80. The number of carboxylic acid groups (broad SMARTS) is 1. The van der Waals surface area contributed by atoms with Crippen molar-refractivity contribution in [3.05, 3.63) is 84.2 Å². The van der Waals surface area contributed by atoms with Gasteiger partial charge in [0.2, 0.25) is 5.91 Å². The van der Waals surface area contributed by atoms with E-state index in [2.05, 4.69) is 10.3 Å². The lowest BCUT2D eigenvalue weighted by atomic mass is 9.90. The lowest BCUT2D eigenvalue weighted by Gasteiger charge is -2.16. The van der Waals surface area contributed by atoms with E-state index in [4.69, 9.17) is 0 Å². The highest BCUT2D eigenvalue weighted by Gasteiger charge is 2.51. The van der Waals surface area contributed by atoms with Crippen molar-refractivity contribution >= 4 is 23.3 Å². The molecule has 2 aromatic carbocycles. The van der Waals surface area contributed by atoms with Gasteiger partial charge in [-0.3, -0.25) is 19.4 Å². The van der Waals surface area contributed by atoms with Crippen molar-refractivity contribution in [2.45, 2.75) is 37.5 Å². The van der Waals surface area contributed by atoms with Crippen molar-refractivity contribution in [3.63, 3.8) is 0 Å². The average molecular weight is 455 g/mol. The molecule has 3 aromatic rings. The molecule has 5 rings (SSSR count). The first kappa shape index (κ1) is 22.0. The number of hydrogen-bond donors (Lipinski definition) is 2. The maximum Gasteiger partial charge on any atom is 0.307 e. The number of aliphatic carboxylic acids is 1. The first-order valence-corrected chi connectivity index (χ1v) is 11.7. The molecule has 2 N–H and O–H groups in total. The van der Waals surface area contributed by atoms with E-state index in [0.717, 1.165) is 41.6 Å². The molecule has 6 heteroatoms. The number of anilines is 1. The molecule has 2 fully saturated rings. The van der Waals surface area contributed by atoms with Crippen LogP contribution in [0, 0.1) is 11.8 Å². The number of carboxylic acids is 1. The number of carbonyl (C=O) groups is 3. The van der Waals surface area contributed by atoms with Gasteiger partial charge in [-0.15, -0.1) is 0 Å². The Morgan fingerprint density at radius 1 is 0.853 bits per heavy atom. The molecule has 1 aromatic heterocycles. The molecule has 0 unspecified atom stereocenters. The fourth-order valence-corrected chi connectivity index (χ4v) is 5.00. The van der Waals surface area contributed by atoms with Crippen molar-refractivity contribution in [1.29, 1.82) is 0 Å². The first-order chi connectivity index (χ1) is 16.5. The van der Waals surface area contributed by atoms with E-state index in [1.54, 1.807) is 12.3 Å². The van der Waals surface area contributed by atoms with E-state index >= 15 is 0 Å². The zero-order valence-corrected chi connectivity index (χ0v) is 18.7. The molecule has 2 atom stereocenters. The van der Waals surface area contributed by atoms with Crippen LogP contribution >= 0.6 is 0 Å². The number of carbonyl (C=O) groups excluding carboxylic acids is 2. The second-order valence-corrected chi connectivity index (χ2v) is 9.26. The summed E-state index contributed by atoms with van der Waals surface area (Å²) in [5, 5.41) is 12.4. The van der Waals surface area contributed by atoms with Crippen LogP contribution in [0.5, 0.6) is 0 Å². The van der Waals surface area contributed by atoms with Crippen molar-refractivity contribution in [2.75, 3.05) is 5.32 Å². The molecule has 1 amide bonds. The molecule has 0 aliphatic heterocycles. The summed E-state index contributed by atoms with van der Waals surface area (Å²) >= 11 is 0. The Morgan fingerprint density at radius 2 is 1.53 bits per heavy atom. The number of rotatable bonds is 7. The maximum absolute atomic E-state index is 12.9. The quantitative estimate of drug-likeness (QED) is 0.484. The van der Waals surface area contributed by atoms with Crippen LogP contribution in [0.3, 0.4) is 0 Å². The number of aromatic nitrogens is 1. The van der Waals surface area contributed by atoms with Crippen LogP contribution in [-0.2, 0) is 15.0 Å². The Bertz CT molecular complexity index is 1220. The minimum absolute atomic E-state index is 0.0163. The summed E-state index contributed by atoms with van der Waals surface area (Å²) in [6.07, 6.45) is 5.23. The number of ketones is 1. The summed E-state index contributed by atoms with van der Waals surface area (Å²) in [7, 11) is 0. The number of Topliss-reactive ketones (excluding diaryl/α,β-unsaturated/α-hetero) is 1. The Kier molecular flexibility index (Phi) is 5.74. The molecule has 2 aliphatic carbocycles. The van der Waals surface area contributed by atoms with Gasteiger partial charge in [0.15, 0.2) is 5.78 Å². The third-order valence-corrected chi connectivity index (χ3v) is 7.17. The van der Waals surface area contributed by atoms with E-state index in [1.165, 1.54) is 0 Å². The van der Waals surface area contributed by atoms with Gasteiger partial charge >= 0.3 is 5.97 Å². The predicted molar refractivity (Wildman–Crippen MR) is 128 cm³/mol. The van der Waals surface area contributed by atoms with E-state index in [1.807, 2.05) is 60.7 Å². The topological polar surface area (TPSA) is 96.4 Å². The van der Waals surface area contributed by atoms with Gasteiger partial charge in [0.05, 0.1) is 11.3 Å². The highest BCUT2D eigenvalue weighted by Crippen LogP contribution is 2.49. The van der Waals surface area contributed by atoms with Crippen LogP contribution in [0.25, 0.3) is 11.1 Å². The Balaban J connectivity index is 1.25. The molecule has 0 spiro atoms. The van der Waals surface area contributed by atoms with Gasteiger partial charge in [0.25, 0.3) is 0 Å². The molecule has 2 saturated carbocycles. The zero-order chi connectivity index (χ0) is 23.7. The lowest BCUT2D eigenvalue weighted by molar-refractivity contribution is -0.142. The van der Waals surface area contributed by atoms with E-state index in [9.17, 15) is 19.5 Å². The number of nitrogens with one attached hydrogen (secondary N) is 1. The highest BCUT2D eigenvalue weighted by atomic mass is 16.4. The monoisotopic (exact) mass is 454 g/mol. The van der Waals surface area contributed by atoms with Crippen molar-refractivity contribution < 1.29 is 19.5 Å². The molecule has 34 heavy (non-hydrogen) atoms. The van der Waals surface area contributed by atoms with Crippen LogP contribution in [0.15, 0.2) is 72.9 Å². The standard InChI is InChI=1S/C28H26N2O4/c31-25(22-7-4-8-23(22)26(32)33)24-14-11-19(17-29-24)18-9-12-21(13-10-18)30-27(34)28(15-16-28)20-5-2-1-3-6-20/h1-3,5-6,9-14,17,22-23H,4,7-8,15-16H2,(H,30,34)(H,32,33)/t22-,23-/m1/s1. The number of amides is 1. The third kappa shape index (κ3) is 4.12. The fourth-order valence-electron chi connectivity index (χ4n) is 5.00. The van der Waals surface area contributed by atoms with Gasteiger partial charge in [-0.1, -0.05) is 55.0 Å². The lowest BCUT2D eigenvalue weighted by Crippen LogP contribution is -2.27. The van der Waals surface area contributed by atoms with Crippen molar-refractivity contribution in [3.8, 4) is 11.1 Å². The molecule has 2 aliphatic rings. The number of pyridine rings is 1. The van der Waals surface area contributed by atoms with E-state index < -0.39 is 23.2 Å². The minimum atomic E-state index is -0.906. The molecule has 172 valence electrons. The summed E-state index contributed by atoms with van der Waals surface area (Å²) < 4.78 is 0. The van der Waals surface area contributed by atoms with Crippen molar-refractivity contribution in [2.24, 2.45) is 11.8 Å². The molecular weight excluding hydrogens is 428 g/mol. The Labute approximate surface area is 198 Å². The second-order valence-electron chi connectivity index (χ2n) is 9.26. The number of nitrogens with zero attached hydrogens (tertiary/aromatic N) is 1. The first-order valence-electron chi connectivity index (χ1n) is 11.7. The van der Waals surface area contributed by atoms with Gasteiger partial charge in [-0.05, 0) is 55.0 Å². The Morgan fingerprint density at radius 3 is 2.15 bits per heavy atom. The molecular formula is C28H26N2O4. The molecule has 0 bridgehead atoms. The van der Waals surface area contributed by atoms with Gasteiger partial charge < -0.3 is 10.4 Å². The summed E-state index contributed by atoms with van der Waals surface area (Å²) in [6, 6.07) is 20.9. The van der Waals surface area contributed by atoms with E-state index in [0.29, 0.717) is 18.5 Å². The van der Waals surface area contributed by atoms with Gasteiger partial charge in [-0.25, -0.2) is 0 Å². The summed E-state index contributed by atoms with van der Waals surface area (Å²) in [5.41, 5.74) is 3.43. The average Bonchev–Trinajstić information content (AvgIpc) is 3.54. The highest BCUT2D eigenvalue weighted by molar-refractivity contribution is 6.01. The number of hydrogen-bond acceptors (Lipinski definition) is 4. The summed E-state index contributed by atoms with van der Waals surface area (Å²) in [5.74, 6) is -2.20. The van der Waals surface area contributed by atoms with Crippen molar-refractivity contribution in [1.82, 2.24) is 4.98 Å². The van der Waals surface area contributed by atoms with Crippen LogP contribution in [0.2, 0.25) is 0 Å². The normalized spacial score (nSPS) is 20.5. The SMILES string of the molecule is O=C(O)[C@@H]1CCC[C@H]1C(=O)c1ccc(-c2ccc(NC(=O)C3(c4ccccc4)CC3)cc2)cn1. The second kappa shape index (κ2) is 8.86. The van der Waals surface area contributed by atoms with Gasteiger partial charge in [0.1, 0.15) is 5.69 Å². The van der Waals surface area contributed by atoms with Gasteiger partial charge in [-0.2, -0.15) is 0 Å². The predicted octanol–water partition coefficient (Wildman–Crippen LogP) is 5.10. The fraction of sp³-hybridized carbons (Fsp3) is 0.286. The summed E-state index contributed by atoms with van der Waals surface area (Å²) in [6.45, 7) is 0. The molecule has 0 saturated heterocycles. The van der Waals surface area contributed by atoms with Gasteiger partial charge in [0, 0.05) is 23.4 Å². The molecule has 1 heterocycles. The number of benzene rings is 2. The third-order valence-electron chi connectivity index (χ3n) is 7.17. The maximum atomic E-state index is 12.9. The van der Waals surface area contributed by atoms with Crippen LogP contribution < -0.4 is 5.32 Å². The minimum Gasteiger partial charge on any atom is -0.481 e. The smallest absolute Gasteiger partial charge is 0.307 e. The summed E-state index contributed by atoms with van der Waals surface area (Å²) in [4.78, 5) is 41.5. The molecule has 0 radical (unpaired) electrons. The van der Waals surface area contributed by atoms with E-state index in [-0.39, 0.29) is 11.7 Å². The zero-order valence-electron chi connectivity index (χ0n) is 18.7. The molecule has 6 nitrogen and oxygen atoms in total. The largest absolute Gasteiger partial charge is 0.481 e.